The zero-order chi connectivity index (χ0) is 14.4. The minimum atomic E-state index is -0.251. The molecule has 0 aliphatic heterocycles. The Labute approximate surface area is 122 Å². The molecule has 2 N–H and O–H groups in total. The zero-order valence-corrected chi connectivity index (χ0v) is 11.3. The van der Waals surface area contributed by atoms with Crippen molar-refractivity contribution >= 4 is 23.2 Å². The molecule has 20 heavy (non-hydrogen) atoms. The molecule has 0 saturated carbocycles. The van der Waals surface area contributed by atoms with Crippen LogP contribution in [0.5, 0.6) is 0 Å². The maximum absolute atomic E-state index is 12.1. The zero-order valence-electron chi connectivity index (χ0n) is 10.6. The summed E-state index contributed by atoms with van der Waals surface area (Å²) in [5.74, 6) is 5.08. The highest BCUT2D eigenvalue weighted by Crippen LogP contribution is 2.20. The number of halogens is 1. The molecule has 0 aliphatic carbocycles. The normalized spacial score (nSPS) is 9.50. The summed E-state index contributed by atoms with van der Waals surface area (Å²) in [6.45, 7) is -0.251. The van der Waals surface area contributed by atoms with E-state index in [4.69, 9.17) is 16.7 Å². The Hall–Kier alpha value is -2.28. The number of benzene rings is 2. The Kier molecular flexibility index (Phi) is 4.78. The van der Waals surface area contributed by atoms with Crippen molar-refractivity contribution in [2.45, 2.75) is 0 Å². The van der Waals surface area contributed by atoms with E-state index in [1.807, 2.05) is 6.07 Å². The predicted molar refractivity (Wildman–Crippen MR) is 79.8 cm³/mol. The molecule has 0 fully saturated rings. The Morgan fingerprint density at radius 2 is 1.95 bits per heavy atom. The quantitative estimate of drug-likeness (QED) is 0.834. The topological polar surface area (TPSA) is 49.3 Å². The largest absolute Gasteiger partial charge is 0.384 e. The van der Waals surface area contributed by atoms with Gasteiger partial charge in [-0.25, -0.2) is 0 Å². The van der Waals surface area contributed by atoms with E-state index >= 15 is 0 Å². The standard InChI is InChI=1S/C16H12ClNO2/c17-14-8-9-15(13(11-14)7-4-10-19)18-16(20)12-5-2-1-3-6-12/h1-3,5-6,8-9,11,19H,10H2,(H,18,20). The number of amides is 1. The molecular weight excluding hydrogens is 274 g/mol. The number of rotatable bonds is 2. The van der Waals surface area contributed by atoms with E-state index < -0.39 is 0 Å². The molecule has 2 aromatic rings. The van der Waals surface area contributed by atoms with E-state index in [0.29, 0.717) is 21.8 Å². The summed E-state index contributed by atoms with van der Waals surface area (Å²) in [5, 5.41) is 12.1. The molecule has 2 aromatic carbocycles. The van der Waals surface area contributed by atoms with Crippen molar-refractivity contribution in [2.75, 3.05) is 11.9 Å². The summed E-state index contributed by atoms with van der Waals surface area (Å²) in [6, 6.07) is 13.9. The molecule has 0 aromatic heterocycles. The molecule has 2 rings (SSSR count). The fraction of sp³-hybridized carbons (Fsp3) is 0.0625. The lowest BCUT2D eigenvalue weighted by atomic mass is 10.1. The summed E-state index contributed by atoms with van der Waals surface area (Å²) in [7, 11) is 0. The van der Waals surface area contributed by atoms with Gasteiger partial charge in [0, 0.05) is 16.1 Å². The predicted octanol–water partition coefficient (Wildman–Crippen LogP) is 2.94. The van der Waals surface area contributed by atoms with Gasteiger partial charge >= 0.3 is 0 Å². The first-order valence-electron chi connectivity index (χ1n) is 5.96. The van der Waals surface area contributed by atoms with Crippen LogP contribution in [0.4, 0.5) is 5.69 Å². The first kappa shape index (κ1) is 14.1. The SMILES string of the molecule is O=C(Nc1ccc(Cl)cc1C#CCO)c1ccccc1. The fourth-order valence-corrected chi connectivity index (χ4v) is 1.82. The number of carbonyl (C=O) groups is 1. The van der Waals surface area contributed by atoms with Crippen LogP contribution < -0.4 is 5.32 Å². The number of carbonyl (C=O) groups excluding carboxylic acids is 1. The van der Waals surface area contributed by atoms with Crippen molar-refractivity contribution in [3.8, 4) is 11.8 Å². The molecule has 0 unspecified atom stereocenters. The van der Waals surface area contributed by atoms with Crippen molar-refractivity contribution in [1.29, 1.82) is 0 Å². The molecule has 3 nitrogen and oxygen atoms in total. The average Bonchev–Trinajstić information content (AvgIpc) is 2.48. The van der Waals surface area contributed by atoms with Crippen molar-refractivity contribution in [3.05, 3.63) is 64.7 Å². The molecule has 0 heterocycles. The van der Waals surface area contributed by atoms with Gasteiger partial charge < -0.3 is 10.4 Å². The van der Waals surface area contributed by atoms with Gasteiger partial charge in [0.1, 0.15) is 6.61 Å². The van der Waals surface area contributed by atoms with Crippen LogP contribution in [0.2, 0.25) is 5.02 Å². The molecule has 0 spiro atoms. The second-order valence-corrected chi connectivity index (χ2v) is 4.41. The lowest BCUT2D eigenvalue weighted by Crippen LogP contribution is -2.12. The van der Waals surface area contributed by atoms with Gasteiger partial charge in [-0.05, 0) is 30.3 Å². The number of anilines is 1. The summed E-state index contributed by atoms with van der Waals surface area (Å²) in [6.07, 6.45) is 0. The number of hydrogen-bond donors (Lipinski definition) is 2. The molecule has 100 valence electrons. The third-order valence-electron chi connectivity index (χ3n) is 2.57. The average molecular weight is 286 g/mol. The Bertz CT molecular complexity index is 672. The van der Waals surface area contributed by atoms with E-state index in [2.05, 4.69) is 17.2 Å². The highest BCUT2D eigenvalue weighted by atomic mass is 35.5. The van der Waals surface area contributed by atoms with E-state index in [0.717, 1.165) is 0 Å². The van der Waals surface area contributed by atoms with Crippen LogP contribution in [0.3, 0.4) is 0 Å². The van der Waals surface area contributed by atoms with Crippen molar-refractivity contribution in [1.82, 2.24) is 0 Å². The van der Waals surface area contributed by atoms with Crippen LogP contribution in [0.15, 0.2) is 48.5 Å². The second kappa shape index (κ2) is 6.76. The first-order chi connectivity index (χ1) is 9.70. The van der Waals surface area contributed by atoms with Gasteiger partial charge in [0.2, 0.25) is 0 Å². The Balaban J connectivity index is 2.27. The van der Waals surface area contributed by atoms with Crippen LogP contribution in [0, 0.1) is 11.8 Å². The molecular formula is C16H12ClNO2. The van der Waals surface area contributed by atoms with Crippen molar-refractivity contribution in [2.24, 2.45) is 0 Å². The highest BCUT2D eigenvalue weighted by Gasteiger charge is 2.08. The molecule has 0 atom stereocenters. The monoisotopic (exact) mass is 285 g/mol. The van der Waals surface area contributed by atoms with Crippen molar-refractivity contribution < 1.29 is 9.90 Å². The van der Waals surface area contributed by atoms with E-state index in [9.17, 15) is 4.79 Å². The van der Waals surface area contributed by atoms with Gasteiger partial charge in [0.05, 0.1) is 5.69 Å². The van der Waals surface area contributed by atoms with Gasteiger partial charge in [0.15, 0.2) is 0 Å². The minimum Gasteiger partial charge on any atom is -0.384 e. The summed E-state index contributed by atoms with van der Waals surface area (Å²) in [5.41, 5.74) is 1.68. The maximum atomic E-state index is 12.1. The van der Waals surface area contributed by atoms with E-state index in [1.165, 1.54) is 0 Å². The van der Waals surface area contributed by atoms with Gasteiger partial charge in [-0.1, -0.05) is 41.6 Å². The van der Waals surface area contributed by atoms with Gasteiger partial charge in [-0.15, -0.1) is 0 Å². The lowest BCUT2D eigenvalue weighted by Gasteiger charge is -2.08. The van der Waals surface area contributed by atoms with E-state index in [-0.39, 0.29) is 12.5 Å². The van der Waals surface area contributed by atoms with Crippen LogP contribution in [-0.4, -0.2) is 17.6 Å². The van der Waals surface area contributed by atoms with Crippen molar-refractivity contribution in [3.63, 3.8) is 0 Å². The number of hydrogen-bond acceptors (Lipinski definition) is 2. The number of aliphatic hydroxyl groups excluding tert-OH is 1. The molecule has 4 heteroatoms. The van der Waals surface area contributed by atoms with Crippen LogP contribution in [0.25, 0.3) is 0 Å². The van der Waals surface area contributed by atoms with E-state index in [1.54, 1.807) is 42.5 Å². The van der Waals surface area contributed by atoms with Crippen LogP contribution in [0.1, 0.15) is 15.9 Å². The van der Waals surface area contributed by atoms with Gasteiger partial charge in [0.25, 0.3) is 5.91 Å². The van der Waals surface area contributed by atoms with Crippen LogP contribution >= 0.6 is 11.6 Å². The molecule has 0 aliphatic rings. The third kappa shape index (κ3) is 3.61. The molecule has 1 amide bonds. The summed E-state index contributed by atoms with van der Waals surface area (Å²) < 4.78 is 0. The Morgan fingerprint density at radius 1 is 1.20 bits per heavy atom. The third-order valence-corrected chi connectivity index (χ3v) is 2.80. The second-order valence-electron chi connectivity index (χ2n) is 3.97. The number of nitrogens with one attached hydrogen (secondary N) is 1. The fourth-order valence-electron chi connectivity index (χ4n) is 1.65. The maximum Gasteiger partial charge on any atom is 0.255 e. The number of aliphatic hydroxyl groups is 1. The molecule has 0 bridgehead atoms. The summed E-state index contributed by atoms with van der Waals surface area (Å²) >= 11 is 5.91. The minimum absolute atomic E-state index is 0.222. The molecule has 0 saturated heterocycles. The van der Waals surface area contributed by atoms with Gasteiger partial charge in [-0.3, -0.25) is 4.79 Å². The first-order valence-corrected chi connectivity index (χ1v) is 6.34. The lowest BCUT2D eigenvalue weighted by molar-refractivity contribution is 0.102. The highest BCUT2D eigenvalue weighted by molar-refractivity contribution is 6.30. The van der Waals surface area contributed by atoms with Gasteiger partial charge in [-0.2, -0.15) is 0 Å². The smallest absolute Gasteiger partial charge is 0.255 e. The Morgan fingerprint density at radius 3 is 2.65 bits per heavy atom. The van der Waals surface area contributed by atoms with Crippen LogP contribution in [-0.2, 0) is 0 Å². The molecule has 0 radical (unpaired) electrons. The summed E-state index contributed by atoms with van der Waals surface area (Å²) in [4.78, 5) is 12.1.